The van der Waals surface area contributed by atoms with Gasteiger partial charge in [-0.3, -0.25) is 4.79 Å². The van der Waals surface area contributed by atoms with E-state index >= 15 is 0 Å². The molecule has 23 heavy (non-hydrogen) atoms. The number of amides is 1. The molecule has 0 heterocycles. The van der Waals surface area contributed by atoms with Crippen molar-refractivity contribution in [1.29, 1.82) is 0 Å². The number of aryl methyl sites for hydroxylation is 1. The lowest BCUT2D eigenvalue weighted by atomic mass is 9.79. The maximum atomic E-state index is 12.3. The third-order valence-electron chi connectivity index (χ3n) is 5.37. The topological polar surface area (TPSA) is 66.4 Å². The fourth-order valence-corrected chi connectivity index (χ4v) is 3.72. The van der Waals surface area contributed by atoms with Crippen LogP contribution in [0.5, 0.6) is 0 Å². The van der Waals surface area contributed by atoms with Crippen molar-refractivity contribution in [3.8, 4) is 0 Å². The van der Waals surface area contributed by atoms with Crippen molar-refractivity contribution in [2.45, 2.75) is 57.4 Å². The second-order valence-corrected chi connectivity index (χ2v) is 7.05. The summed E-state index contributed by atoms with van der Waals surface area (Å²) in [6.07, 6.45) is 5.80. The van der Waals surface area contributed by atoms with E-state index < -0.39 is 12.0 Å². The standard InChI is InChI=1S/C19H25NO3/c1-12(13-9-10-13)18(21)20-17(19(22)23)11-15-7-4-6-14-5-2-3-8-16(14)15/h2-3,5,8,12-13,15,17H,4,6-7,9-11H2,1H3,(H,20,21)(H,22,23). The number of nitrogens with one attached hydrogen (secondary N) is 1. The van der Waals surface area contributed by atoms with Gasteiger partial charge in [0.15, 0.2) is 0 Å². The van der Waals surface area contributed by atoms with Crippen molar-refractivity contribution in [1.82, 2.24) is 5.32 Å². The van der Waals surface area contributed by atoms with Crippen LogP contribution in [-0.4, -0.2) is 23.0 Å². The molecule has 2 N–H and O–H groups in total. The van der Waals surface area contributed by atoms with E-state index in [1.165, 1.54) is 11.1 Å². The van der Waals surface area contributed by atoms with E-state index in [-0.39, 0.29) is 17.7 Å². The van der Waals surface area contributed by atoms with E-state index in [1.54, 1.807) is 0 Å². The Labute approximate surface area is 137 Å². The van der Waals surface area contributed by atoms with Crippen LogP contribution in [0.1, 0.15) is 56.1 Å². The average Bonchev–Trinajstić information content (AvgIpc) is 3.38. The smallest absolute Gasteiger partial charge is 0.326 e. The molecule has 0 radical (unpaired) electrons. The third-order valence-corrected chi connectivity index (χ3v) is 5.37. The molecular weight excluding hydrogens is 290 g/mol. The molecule has 3 unspecified atom stereocenters. The largest absolute Gasteiger partial charge is 0.480 e. The minimum atomic E-state index is -0.926. The predicted molar refractivity (Wildman–Crippen MR) is 88.2 cm³/mol. The highest BCUT2D eigenvalue weighted by Crippen LogP contribution is 2.37. The average molecular weight is 315 g/mol. The summed E-state index contributed by atoms with van der Waals surface area (Å²) < 4.78 is 0. The Kier molecular flexibility index (Phi) is 4.69. The summed E-state index contributed by atoms with van der Waals surface area (Å²) in [6, 6.07) is 7.49. The van der Waals surface area contributed by atoms with Crippen molar-refractivity contribution in [3.05, 3.63) is 35.4 Å². The Bertz CT molecular complexity index is 594. The summed E-state index contributed by atoms with van der Waals surface area (Å²) in [5.41, 5.74) is 2.58. The van der Waals surface area contributed by atoms with Crippen molar-refractivity contribution < 1.29 is 14.7 Å². The number of rotatable bonds is 6. The van der Waals surface area contributed by atoms with Crippen molar-refractivity contribution in [2.24, 2.45) is 11.8 Å². The van der Waals surface area contributed by atoms with Crippen molar-refractivity contribution in [3.63, 3.8) is 0 Å². The Balaban J connectivity index is 1.68. The zero-order valence-corrected chi connectivity index (χ0v) is 13.6. The Morgan fingerprint density at radius 2 is 2.00 bits per heavy atom. The highest BCUT2D eigenvalue weighted by Gasteiger charge is 2.35. The molecule has 0 bridgehead atoms. The first-order valence-electron chi connectivity index (χ1n) is 8.67. The second kappa shape index (κ2) is 6.73. The summed E-state index contributed by atoms with van der Waals surface area (Å²) in [5.74, 6) is -0.443. The number of carbonyl (C=O) groups is 2. The predicted octanol–water partition coefficient (Wildman–Crippen LogP) is 3.11. The van der Waals surface area contributed by atoms with E-state index in [2.05, 4.69) is 17.4 Å². The third kappa shape index (κ3) is 3.74. The number of carboxylic acid groups (broad SMARTS) is 1. The quantitative estimate of drug-likeness (QED) is 0.847. The first kappa shape index (κ1) is 16.0. The van der Waals surface area contributed by atoms with Crippen molar-refractivity contribution in [2.75, 3.05) is 0 Å². The highest BCUT2D eigenvalue weighted by molar-refractivity contribution is 5.85. The Morgan fingerprint density at radius 1 is 1.26 bits per heavy atom. The summed E-state index contributed by atoms with van der Waals surface area (Å²) in [5, 5.41) is 12.3. The molecule has 1 fully saturated rings. The first-order valence-corrected chi connectivity index (χ1v) is 8.67. The molecule has 2 aliphatic carbocycles. The molecule has 0 aliphatic heterocycles. The Morgan fingerprint density at radius 3 is 2.70 bits per heavy atom. The number of aliphatic carboxylic acids is 1. The zero-order chi connectivity index (χ0) is 16.4. The summed E-state index contributed by atoms with van der Waals surface area (Å²) in [6.45, 7) is 1.90. The molecule has 124 valence electrons. The number of carbonyl (C=O) groups excluding carboxylic acids is 1. The van der Waals surface area contributed by atoms with Crippen LogP contribution in [0, 0.1) is 11.8 Å². The molecule has 2 aliphatic rings. The van der Waals surface area contributed by atoms with Crippen LogP contribution in [-0.2, 0) is 16.0 Å². The molecular formula is C19H25NO3. The first-order chi connectivity index (χ1) is 11.1. The molecule has 3 atom stereocenters. The van der Waals surface area contributed by atoms with Gasteiger partial charge in [0, 0.05) is 5.92 Å². The van der Waals surface area contributed by atoms with Crippen LogP contribution in [0.2, 0.25) is 0 Å². The summed E-state index contributed by atoms with van der Waals surface area (Å²) >= 11 is 0. The highest BCUT2D eigenvalue weighted by atomic mass is 16.4. The van der Waals surface area contributed by atoms with Crippen LogP contribution < -0.4 is 5.32 Å². The summed E-state index contributed by atoms with van der Waals surface area (Å²) in [4.78, 5) is 23.9. The maximum absolute atomic E-state index is 12.3. The molecule has 4 heteroatoms. The lowest BCUT2D eigenvalue weighted by molar-refractivity contribution is -0.142. The van der Waals surface area contributed by atoms with E-state index in [0.717, 1.165) is 32.1 Å². The van der Waals surface area contributed by atoms with Gasteiger partial charge in [0.2, 0.25) is 5.91 Å². The van der Waals surface area contributed by atoms with Gasteiger partial charge in [0.05, 0.1) is 0 Å². The van der Waals surface area contributed by atoms with Gasteiger partial charge < -0.3 is 10.4 Å². The second-order valence-electron chi connectivity index (χ2n) is 7.05. The molecule has 3 rings (SSSR count). The SMILES string of the molecule is CC(C(=O)NC(CC1CCCc2ccccc21)C(=O)O)C1CC1. The number of hydrogen-bond donors (Lipinski definition) is 2. The number of benzene rings is 1. The van der Waals surface area contributed by atoms with Crippen LogP contribution in [0.25, 0.3) is 0 Å². The van der Waals surface area contributed by atoms with E-state index in [0.29, 0.717) is 12.3 Å². The van der Waals surface area contributed by atoms with Crippen LogP contribution >= 0.6 is 0 Å². The van der Waals surface area contributed by atoms with Gasteiger partial charge in [-0.2, -0.15) is 0 Å². The maximum Gasteiger partial charge on any atom is 0.326 e. The monoisotopic (exact) mass is 315 g/mol. The van der Waals surface area contributed by atoms with Gasteiger partial charge in [-0.1, -0.05) is 31.2 Å². The molecule has 0 aromatic heterocycles. The van der Waals surface area contributed by atoms with Crippen molar-refractivity contribution >= 4 is 11.9 Å². The van der Waals surface area contributed by atoms with E-state index in [4.69, 9.17) is 0 Å². The van der Waals surface area contributed by atoms with Gasteiger partial charge in [-0.15, -0.1) is 0 Å². The molecule has 1 saturated carbocycles. The van der Waals surface area contributed by atoms with E-state index in [1.807, 2.05) is 19.1 Å². The number of fused-ring (bicyclic) bond motifs is 1. The van der Waals surface area contributed by atoms with Crippen LogP contribution in [0.3, 0.4) is 0 Å². The van der Waals surface area contributed by atoms with Crippen LogP contribution in [0.4, 0.5) is 0 Å². The van der Waals surface area contributed by atoms with Gasteiger partial charge in [0.1, 0.15) is 6.04 Å². The Hall–Kier alpha value is -1.84. The summed E-state index contributed by atoms with van der Waals surface area (Å²) in [7, 11) is 0. The normalized spacial score (nSPS) is 22.7. The van der Waals surface area contributed by atoms with Gasteiger partial charge >= 0.3 is 5.97 Å². The van der Waals surface area contributed by atoms with Gasteiger partial charge in [-0.25, -0.2) is 4.79 Å². The number of hydrogen-bond acceptors (Lipinski definition) is 2. The molecule has 1 amide bonds. The number of carboxylic acids is 1. The minimum absolute atomic E-state index is 0.0736. The zero-order valence-electron chi connectivity index (χ0n) is 13.6. The fourth-order valence-electron chi connectivity index (χ4n) is 3.72. The molecule has 1 aromatic rings. The van der Waals surface area contributed by atoms with E-state index in [9.17, 15) is 14.7 Å². The fraction of sp³-hybridized carbons (Fsp3) is 0.579. The molecule has 0 spiro atoms. The molecule has 4 nitrogen and oxygen atoms in total. The minimum Gasteiger partial charge on any atom is -0.480 e. The molecule has 1 aromatic carbocycles. The lowest BCUT2D eigenvalue weighted by Crippen LogP contribution is -2.44. The van der Waals surface area contributed by atoms with Gasteiger partial charge in [0.25, 0.3) is 0 Å². The van der Waals surface area contributed by atoms with Gasteiger partial charge in [-0.05, 0) is 61.5 Å². The molecule has 0 saturated heterocycles. The lowest BCUT2D eigenvalue weighted by Gasteiger charge is -2.28. The van der Waals surface area contributed by atoms with Crippen LogP contribution in [0.15, 0.2) is 24.3 Å².